The molecule has 0 aliphatic heterocycles. The highest BCUT2D eigenvalue weighted by molar-refractivity contribution is 7.11. The summed E-state index contributed by atoms with van der Waals surface area (Å²) in [5.41, 5.74) is 2.55. The molecular weight excluding hydrogens is 264 g/mol. The molecule has 0 saturated carbocycles. The van der Waals surface area contributed by atoms with Gasteiger partial charge in [-0.25, -0.2) is 15.8 Å². The normalized spacial score (nSPS) is 10.2. The van der Waals surface area contributed by atoms with Gasteiger partial charge in [-0.15, -0.1) is 11.3 Å². The van der Waals surface area contributed by atoms with Gasteiger partial charge >= 0.3 is 0 Å². The summed E-state index contributed by atoms with van der Waals surface area (Å²) in [7, 11) is 0. The van der Waals surface area contributed by atoms with Gasteiger partial charge in [-0.2, -0.15) is 0 Å². The zero-order chi connectivity index (χ0) is 13.7. The third kappa shape index (κ3) is 3.46. The summed E-state index contributed by atoms with van der Waals surface area (Å²) in [6.45, 7) is 2.45. The van der Waals surface area contributed by atoms with E-state index in [1.807, 2.05) is 6.20 Å². The molecule has 0 bridgehead atoms. The molecule has 0 atom stereocenters. The fraction of sp³-hybridized carbons (Fsp3) is 0.273. The largest absolute Gasteiger partial charge is 0.344 e. The van der Waals surface area contributed by atoms with Gasteiger partial charge in [0, 0.05) is 11.1 Å². The van der Waals surface area contributed by atoms with E-state index < -0.39 is 0 Å². The van der Waals surface area contributed by atoms with Crippen molar-refractivity contribution in [3.05, 3.63) is 34.2 Å². The predicted molar refractivity (Wildman–Crippen MR) is 72.5 cm³/mol. The second-order valence-corrected chi connectivity index (χ2v) is 4.89. The van der Waals surface area contributed by atoms with Crippen LogP contribution in [0.4, 0.5) is 5.82 Å². The lowest BCUT2D eigenvalue weighted by Gasteiger charge is -2.03. The number of aryl methyl sites for hydroxylation is 1. The minimum atomic E-state index is -0.308. The maximum atomic E-state index is 11.9. The number of carbonyl (C=O) groups is 1. The molecule has 2 rings (SSSR count). The van der Waals surface area contributed by atoms with Gasteiger partial charge in [0.25, 0.3) is 5.91 Å². The Labute approximate surface area is 114 Å². The lowest BCUT2D eigenvalue weighted by atomic mass is 10.4. The molecule has 0 saturated heterocycles. The van der Waals surface area contributed by atoms with Crippen LogP contribution in [-0.4, -0.2) is 20.9 Å². The van der Waals surface area contributed by atoms with Gasteiger partial charge in [0.2, 0.25) is 0 Å². The topological polar surface area (TPSA) is 106 Å². The van der Waals surface area contributed by atoms with E-state index >= 15 is 0 Å². The van der Waals surface area contributed by atoms with E-state index in [1.165, 1.54) is 17.3 Å². The average molecular weight is 278 g/mol. The zero-order valence-corrected chi connectivity index (χ0v) is 11.2. The Kier molecular flexibility index (Phi) is 4.37. The standard InChI is InChI=1S/C11H14N6OS/c1-2-7-3-14-10(19-7)6-15-11(18)8-4-13-5-9(16-8)17-12/h3-5H,2,6,12H2,1H3,(H,15,18)(H,16,17). The summed E-state index contributed by atoms with van der Waals surface area (Å²) in [6.07, 6.45) is 5.59. The van der Waals surface area contributed by atoms with E-state index in [2.05, 4.69) is 32.6 Å². The van der Waals surface area contributed by atoms with Crippen molar-refractivity contribution >= 4 is 23.1 Å². The van der Waals surface area contributed by atoms with Crippen LogP contribution in [0.15, 0.2) is 18.6 Å². The quantitative estimate of drug-likeness (QED) is 0.549. The van der Waals surface area contributed by atoms with Gasteiger partial charge in [-0.05, 0) is 6.42 Å². The van der Waals surface area contributed by atoms with Gasteiger partial charge in [0.1, 0.15) is 10.7 Å². The fourth-order valence-electron chi connectivity index (χ4n) is 1.38. The number of carbonyl (C=O) groups excluding carboxylic acids is 1. The molecule has 1 amide bonds. The average Bonchev–Trinajstić information content (AvgIpc) is 2.93. The third-order valence-electron chi connectivity index (χ3n) is 2.37. The molecule has 0 spiro atoms. The SMILES string of the molecule is CCc1cnc(CNC(=O)c2cncc(NN)n2)s1. The Balaban J connectivity index is 1.96. The smallest absolute Gasteiger partial charge is 0.271 e. The van der Waals surface area contributed by atoms with Crippen molar-refractivity contribution in [1.29, 1.82) is 0 Å². The van der Waals surface area contributed by atoms with Gasteiger partial charge < -0.3 is 10.7 Å². The minimum Gasteiger partial charge on any atom is -0.344 e. The number of amides is 1. The van der Waals surface area contributed by atoms with Crippen LogP contribution in [0.2, 0.25) is 0 Å². The van der Waals surface area contributed by atoms with Crippen molar-refractivity contribution in [3.63, 3.8) is 0 Å². The molecule has 0 aliphatic carbocycles. The van der Waals surface area contributed by atoms with E-state index in [9.17, 15) is 4.79 Å². The first kappa shape index (κ1) is 13.4. The summed E-state index contributed by atoms with van der Waals surface area (Å²) in [4.78, 5) is 25.1. The second kappa shape index (κ2) is 6.21. The van der Waals surface area contributed by atoms with Crippen molar-refractivity contribution in [3.8, 4) is 0 Å². The summed E-state index contributed by atoms with van der Waals surface area (Å²) in [5, 5.41) is 3.61. The lowest BCUT2D eigenvalue weighted by molar-refractivity contribution is 0.0945. The molecule has 100 valence electrons. The molecule has 7 nitrogen and oxygen atoms in total. The highest BCUT2D eigenvalue weighted by atomic mass is 32.1. The van der Waals surface area contributed by atoms with E-state index in [0.29, 0.717) is 12.4 Å². The van der Waals surface area contributed by atoms with E-state index in [-0.39, 0.29) is 11.6 Å². The summed E-state index contributed by atoms with van der Waals surface area (Å²) >= 11 is 1.58. The number of hydrogen-bond acceptors (Lipinski definition) is 7. The van der Waals surface area contributed by atoms with Crippen LogP contribution in [0.25, 0.3) is 0 Å². The molecule has 2 heterocycles. The van der Waals surface area contributed by atoms with Crippen molar-refractivity contribution in [2.24, 2.45) is 5.84 Å². The van der Waals surface area contributed by atoms with Gasteiger partial charge in [-0.1, -0.05) is 6.92 Å². The first-order valence-electron chi connectivity index (χ1n) is 5.73. The van der Waals surface area contributed by atoms with Crippen LogP contribution < -0.4 is 16.6 Å². The monoisotopic (exact) mass is 278 g/mol. The number of anilines is 1. The van der Waals surface area contributed by atoms with E-state index in [0.717, 1.165) is 11.4 Å². The Morgan fingerprint density at radius 3 is 2.95 bits per heavy atom. The van der Waals surface area contributed by atoms with Crippen LogP contribution >= 0.6 is 11.3 Å². The Morgan fingerprint density at radius 2 is 2.26 bits per heavy atom. The molecule has 0 aromatic carbocycles. The molecule has 2 aromatic rings. The van der Waals surface area contributed by atoms with Gasteiger partial charge in [0.15, 0.2) is 5.82 Å². The second-order valence-electron chi connectivity index (χ2n) is 3.69. The first-order valence-corrected chi connectivity index (χ1v) is 6.55. The maximum Gasteiger partial charge on any atom is 0.271 e. The van der Waals surface area contributed by atoms with Crippen LogP contribution in [-0.2, 0) is 13.0 Å². The van der Waals surface area contributed by atoms with E-state index in [1.54, 1.807) is 11.3 Å². The molecule has 0 fully saturated rings. The Morgan fingerprint density at radius 1 is 1.42 bits per heavy atom. The number of nitrogens with zero attached hydrogens (tertiary/aromatic N) is 3. The highest BCUT2D eigenvalue weighted by Crippen LogP contribution is 2.13. The first-order chi connectivity index (χ1) is 9.22. The molecule has 0 radical (unpaired) electrons. The summed E-state index contributed by atoms with van der Waals surface area (Å²) in [5.74, 6) is 5.24. The highest BCUT2D eigenvalue weighted by Gasteiger charge is 2.09. The summed E-state index contributed by atoms with van der Waals surface area (Å²) in [6, 6.07) is 0. The predicted octanol–water partition coefficient (Wildman–Crippen LogP) is 0.711. The third-order valence-corrected chi connectivity index (χ3v) is 3.51. The number of hydrazine groups is 1. The minimum absolute atomic E-state index is 0.211. The van der Waals surface area contributed by atoms with Gasteiger partial charge in [0.05, 0.1) is 18.9 Å². The number of nitrogen functional groups attached to an aromatic ring is 1. The van der Waals surface area contributed by atoms with Crippen molar-refractivity contribution in [2.75, 3.05) is 5.43 Å². The van der Waals surface area contributed by atoms with Crippen LogP contribution in [0, 0.1) is 0 Å². The van der Waals surface area contributed by atoms with Gasteiger partial charge in [-0.3, -0.25) is 9.78 Å². The number of hydrogen-bond donors (Lipinski definition) is 3. The van der Waals surface area contributed by atoms with Crippen molar-refractivity contribution < 1.29 is 4.79 Å². The molecular formula is C11H14N6OS. The van der Waals surface area contributed by atoms with E-state index in [4.69, 9.17) is 5.84 Å². The van der Waals surface area contributed by atoms with Crippen molar-refractivity contribution in [1.82, 2.24) is 20.3 Å². The molecule has 2 aromatic heterocycles. The molecule has 0 aliphatic rings. The Hall–Kier alpha value is -2.06. The molecule has 19 heavy (non-hydrogen) atoms. The fourth-order valence-corrected chi connectivity index (χ4v) is 2.19. The molecule has 8 heteroatoms. The molecule has 0 unspecified atom stereocenters. The number of nitrogens with two attached hydrogens (primary N) is 1. The Bertz CT molecular complexity index is 570. The van der Waals surface area contributed by atoms with Crippen LogP contribution in [0.5, 0.6) is 0 Å². The van der Waals surface area contributed by atoms with Crippen LogP contribution in [0.3, 0.4) is 0 Å². The van der Waals surface area contributed by atoms with Crippen molar-refractivity contribution in [2.45, 2.75) is 19.9 Å². The maximum absolute atomic E-state index is 11.9. The summed E-state index contributed by atoms with van der Waals surface area (Å²) < 4.78 is 0. The molecule has 4 N–H and O–H groups in total. The number of nitrogens with one attached hydrogen (secondary N) is 2. The number of rotatable bonds is 5. The van der Waals surface area contributed by atoms with Crippen LogP contribution in [0.1, 0.15) is 27.3 Å². The number of thiazole rings is 1. The lowest BCUT2D eigenvalue weighted by Crippen LogP contribution is -2.24. The zero-order valence-electron chi connectivity index (χ0n) is 10.4. The number of aromatic nitrogens is 3.